The van der Waals surface area contributed by atoms with Crippen LogP contribution in [-0.2, 0) is 33.3 Å². The van der Waals surface area contributed by atoms with E-state index in [2.05, 4.69) is 13.2 Å². The minimum atomic E-state index is -1.69. The van der Waals surface area contributed by atoms with Crippen molar-refractivity contribution >= 4 is 17.9 Å². The molecule has 220 valence electrons. The third-order valence-corrected chi connectivity index (χ3v) is 8.75. The number of hydrogen-bond acceptors (Lipinski definition) is 9. The molecule has 3 aliphatic rings. The van der Waals surface area contributed by atoms with E-state index in [4.69, 9.17) is 18.9 Å². The molecule has 3 rings (SSSR count). The van der Waals surface area contributed by atoms with Crippen LogP contribution in [0.5, 0.6) is 0 Å². The third kappa shape index (κ3) is 6.92. The normalized spacial score (nSPS) is 36.0. The number of ether oxygens (including phenoxy) is 4. The molecule has 2 saturated heterocycles. The van der Waals surface area contributed by atoms with Crippen LogP contribution in [0.4, 0.5) is 0 Å². The maximum atomic E-state index is 13.2. The Labute approximate surface area is 231 Å². The molecule has 2 bridgehead atoms. The molecule has 0 spiro atoms. The Balaban J connectivity index is 1.95. The van der Waals surface area contributed by atoms with E-state index in [1.807, 2.05) is 13.8 Å². The van der Waals surface area contributed by atoms with Crippen LogP contribution in [0.2, 0.25) is 0 Å². The van der Waals surface area contributed by atoms with Gasteiger partial charge in [0.2, 0.25) is 0 Å². The van der Waals surface area contributed by atoms with Crippen molar-refractivity contribution in [2.45, 2.75) is 116 Å². The predicted octanol–water partition coefficient (Wildman–Crippen LogP) is 3.65. The number of aliphatic hydroxyl groups is 2. The third-order valence-electron chi connectivity index (χ3n) is 8.75. The number of fused-ring (bicyclic) bond motifs is 5. The lowest BCUT2D eigenvalue weighted by atomic mass is 9.60. The van der Waals surface area contributed by atoms with E-state index >= 15 is 0 Å². The summed E-state index contributed by atoms with van der Waals surface area (Å²) in [5.74, 6) is -1.85. The molecule has 2 N–H and O–H groups in total. The Morgan fingerprint density at radius 2 is 1.90 bits per heavy atom. The van der Waals surface area contributed by atoms with Gasteiger partial charge >= 0.3 is 17.9 Å². The van der Waals surface area contributed by atoms with Crippen LogP contribution < -0.4 is 0 Å². The Morgan fingerprint density at radius 1 is 1.21 bits per heavy atom. The summed E-state index contributed by atoms with van der Waals surface area (Å²) in [6, 6.07) is 0. The van der Waals surface area contributed by atoms with Gasteiger partial charge in [0.1, 0.15) is 11.7 Å². The molecule has 2 heterocycles. The van der Waals surface area contributed by atoms with Crippen molar-refractivity contribution in [3.8, 4) is 0 Å². The number of aliphatic hydroxyl groups excluding tert-OH is 1. The van der Waals surface area contributed by atoms with Crippen molar-refractivity contribution in [3.63, 3.8) is 0 Å². The van der Waals surface area contributed by atoms with Gasteiger partial charge in [-0.05, 0) is 56.4 Å². The topological polar surface area (TPSA) is 129 Å². The standard InChI is InChI=1S/C30H46O9/c1-8-10-25(33)37-22(9-2)29(34)39-24-14-21(32)17(4)13-23-26-16(3)11-12-20(18(5)15-36-19(6)31)27(26)28(38-23)30(24,7)35/h18,20-24,26-28,32,35H,3-4,8-15H2,1-2,5-7H3/t18-,20+,21-,22-,23+,24-,26+,27+,28+,30+/m0/s1. The second-order valence-corrected chi connectivity index (χ2v) is 11.7. The number of carbonyl (C=O) groups excluding carboxylic acids is 3. The summed E-state index contributed by atoms with van der Waals surface area (Å²) in [6.45, 7) is 17.2. The molecular formula is C30H46O9. The summed E-state index contributed by atoms with van der Waals surface area (Å²) in [5.41, 5.74) is -0.145. The minimum absolute atomic E-state index is 0.00432. The van der Waals surface area contributed by atoms with E-state index in [0.29, 0.717) is 18.4 Å². The Kier molecular flexibility index (Phi) is 10.4. The van der Waals surface area contributed by atoms with Gasteiger partial charge in [0.05, 0.1) is 24.9 Å². The van der Waals surface area contributed by atoms with Crippen molar-refractivity contribution in [3.05, 3.63) is 24.3 Å². The number of rotatable bonds is 9. The first kappa shape index (κ1) is 31.3. The van der Waals surface area contributed by atoms with Gasteiger partial charge < -0.3 is 29.2 Å². The summed E-state index contributed by atoms with van der Waals surface area (Å²) >= 11 is 0. The fraction of sp³-hybridized carbons (Fsp3) is 0.767. The summed E-state index contributed by atoms with van der Waals surface area (Å²) in [6.07, 6.45) is -1.55. The number of carbonyl (C=O) groups is 3. The highest BCUT2D eigenvalue weighted by molar-refractivity contribution is 5.79. The predicted molar refractivity (Wildman–Crippen MR) is 143 cm³/mol. The number of esters is 3. The lowest BCUT2D eigenvalue weighted by molar-refractivity contribution is -0.202. The van der Waals surface area contributed by atoms with Gasteiger partial charge in [0, 0.05) is 31.6 Å². The van der Waals surface area contributed by atoms with Crippen molar-refractivity contribution in [2.24, 2.45) is 23.7 Å². The lowest BCUT2D eigenvalue weighted by Crippen LogP contribution is -2.57. The van der Waals surface area contributed by atoms with Gasteiger partial charge in [-0.3, -0.25) is 9.59 Å². The summed E-state index contributed by atoms with van der Waals surface area (Å²) in [7, 11) is 0. The van der Waals surface area contributed by atoms with Gasteiger partial charge in [0.25, 0.3) is 0 Å². The second kappa shape index (κ2) is 13.0. The van der Waals surface area contributed by atoms with E-state index in [1.165, 1.54) is 6.92 Å². The molecule has 2 aliphatic heterocycles. The molecule has 10 atom stereocenters. The van der Waals surface area contributed by atoms with Gasteiger partial charge in [0.15, 0.2) is 6.10 Å². The van der Waals surface area contributed by atoms with E-state index < -0.39 is 42.0 Å². The van der Waals surface area contributed by atoms with Crippen LogP contribution in [-0.4, -0.2) is 70.8 Å². The molecule has 0 radical (unpaired) electrons. The lowest BCUT2D eigenvalue weighted by Gasteiger charge is -2.46. The van der Waals surface area contributed by atoms with Gasteiger partial charge in [-0.1, -0.05) is 39.5 Å². The Morgan fingerprint density at radius 3 is 2.51 bits per heavy atom. The molecule has 0 unspecified atom stereocenters. The summed E-state index contributed by atoms with van der Waals surface area (Å²) in [5, 5.41) is 23.1. The van der Waals surface area contributed by atoms with Crippen LogP contribution in [0.3, 0.4) is 0 Å². The molecule has 0 aromatic heterocycles. The monoisotopic (exact) mass is 550 g/mol. The highest BCUT2D eigenvalue weighted by Gasteiger charge is 2.60. The van der Waals surface area contributed by atoms with E-state index in [0.717, 1.165) is 18.4 Å². The average Bonchev–Trinajstić information content (AvgIpc) is 3.26. The molecule has 9 heteroatoms. The quantitative estimate of drug-likeness (QED) is 0.251. The smallest absolute Gasteiger partial charge is 0.347 e. The van der Waals surface area contributed by atoms with Crippen LogP contribution in [0, 0.1) is 23.7 Å². The SMILES string of the molecule is C=C1CC[C@H]([C@@H](C)COC(C)=O)[C@@H]2[C@H]1[C@H]1CC(=C)[C@@H](O)C[C@H](OC(=O)[C@H](CC)OC(=O)CCC)[C@@](C)(O)[C@@H]2O1. The zero-order valence-corrected chi connectivity index (χ0v) is 24.0. The van der Waals surface area contributed by atoms with Crippen LogP contribution in [0.25, 0.3) is 0 Å². The van der Waals surface area contributed by atoms with Crippen LogP contribution in [0.1, 0.15) is 79.6 Å². The molecule has 3 fully saturated rings. The van der Waals surface area contributed by atoms with Crippen molar-refractivity contribution < 1.29 is 43.5 Å². The highest BCUT2D eigenvalue weighted by Crippen LogP contribution is 2.55. The van der Waals surface area contributed by atoms with Crippen molar-refractivity contribution in [1.82, 2.24) is 0 Å². The van der Waals surface area contributed by atoms with E-state index in [-0.39, 0.29) is 61.6 Å². The molecule has 9 nitrogen and oxygen atoms in total. The highest BCUT2D eigenvalue weighted by atomic mass is 16.6. The molecule has 0 aromatic rings. The first-order chi connectivity index (χ1) is 18.3. The van der Waals surface area contributed by atoms with Crippen LogP contribution in [0.15, 0.2) is 24.3 Å². The fourth-order valence-electron chi connectivity index (χ4n) is 6.56. The van der Waals surface area contributed by atoms with Gasteiger partial charge in [-0.15, -0.1) is 0 Å². The Hall–Kier alpha value is -2.23. The molecule has 1 saturated carbocycles. The first-order valence-electron chi connectivity index (χ1n) is 14.3. The van der Waals surface area contributed by atoms with Crippen molar-refractivity contribution in [2.75, 3.05) is 6.61 Å². The Bertz CT molecular complexity index is 941. The van der Waals surface area contributed by atoms with E-state index in [1.54, 1.807) is 13.8 Å². The zero-order chi connectivity index (χ0) is 29.1. The second-order valence-electron chi connectivity index (χ2n) is 11.7. The van der Waals surface area contributed by atoms with Gasteiger partial charge in [-0.2, -0.15) is 0 Å². The van der Waals surface area contributed by atoms with Crippen LogP contribution >= 0.6 is 0 Å². The fourth-order valence-corrected chi connectivity index (χ4v) is 6.56. The summed E-state index contributed by atoms with van der Waals surface area (Å²) < 4.78 is 23.1. The van der Waals surface area contributed by atoms with Gasteiger partial charge in [-0.25, -0.2) is 4.79 Å². The molecular weight excluding hydrogens is 504 g/mol. The molecule has 0 aromatic carbocycles. The van der Waals surface area contributed by atoms with E-state index in [9.17, 15) is 24.6 Å². The summed E-state index contributed by atoms with van der Waals surface area (Å²) in [4.78, 5) is 36.8. The molecule has 1 aliphatic carbocycles. The maximum absolute atomic E-state index is 13.2. The first-order valence-corrected chi connectivity index (χ1v) is 14.3. The molecule has 0 amide bonds. The average molecular weight is 551 g/mol. The minimum Gasteiger partial charge on any atom is -0.466 e. The number of hydrogen-bond donors (Lipinski definition) is 2. The van der Waals surface area contributed by atoms with Crippen molar-refractivity contribution in [1.29, 1.82) is 0 Å². The molecule has 39 heavy (non-hydrogen) atoms. The maximum Gasteiger partial charge on any atom is 0.347 e. The zero-order valence-electron chi connectivity index (χ0n) is 24.0. The largest absolute Gasteiger partial charge is 0.466 e.